The molecule has 90 valence electrons. The topological polar surface area (TPSA) is 21.3 Å². The van der Waals surface area contributed by atoms with Crippen LogP contribution >= 0.6 is 12.4 Å². The molecule has 1 heterocycles. The molecule has 0 bridgehead atoms. The second kappa shape index (κ2) is 4.97. The zero-order valence-corrected chi connectivity index (χ0v) is 9.69. The maximum atomic E-state index is 13.4. The molecule has 16 heavy (non-hydrogen) atoms. The Morgan fingerprint density at radius 1 is 1.44 bits per heavy atom. The van der Waals surface area contributed by atoms with Crippen molar-refractivity contribution in [2.24, 2.45) is 0 Å². The van der Waals surface area contributed by atoms with E-state index in [1.807, 2.05) is 0 Å². The first-order valence-corrected chi connectivity index (χ1v) is 4.88. The van der Waals surface area contributed by atoms with Crippen molar-refractivity contribution in [3.05, 3.63) is 29.8 Å². The lowest BCUT2D eigenvalue weighted by atomic mass is 10.0. The van der Waals surface area contributed by atoms with Crippen LogP contribution in [0.25, 0.3) is 0 Å². The summed E-state index contributed by atoms with van der Waals surface area (Å²) >= 11 is 0. The molecule has 0 spiro atoms. The lowest BCUT2D eigenvalue weighted by molar-refractivity contribution is -0.0117. The predicted octanol–water partition coefficient (Wildman–Crippen LogP) is 2.79. The minimum atomic E-state index is -2.66. The molecule has 1 aliphatic heterocycles. The van der Waals surface area contributed by atoms with Crippen LogP contribution in [0.1, 0.15) is 18.0 Å². The summed E-state index contributed by atoms with van der Waals surface area (Å²) in [4.78, 5) is 0. The maximum absolute atomic E-state index is 13.4. The fourth-order valence-electron chi connectivity index (χ4n) is 1.86. The SMILES string of the molecule is COc1cccc(C2NCCC2(F)F)c1.Cl. The zero-order chi connectivity index (χ0) is 10.9. The van der Waals surface area contributed by atoms with Crippen LogP contribution in [0.2, 0.25) is 0 Å². The highest BCUT2D eigenvalue weighted by Crippen LogP contribution is 2.38. The molecule has 1 fully saturated rings. The van der Waals surface area contributed by atoms with E-state index in [9.17, 15) is 8.78 Å². The number of methoxy groups -OCH3 is 1. The number of alkyl halides is 2. The number of hydrogen-bond acceptors (Lipinski definition) is 2. The first-order chi connectivity index (χ1) is 7.13. The Bertz CT molecular complexity index is 360. The Hall–Kier alpha value is -0.870. The molecule has 1 atom stereocenters. The molecule has 1 aliphatic rings. The standard InChI is InChI=1S/C11H13F2NO.ClH/c1-15-9-4-2-3-8(7-9)10-11(12,13)5-6-14-10;/h2-4,7,10,14H,5-6H2,1H3;1H. The van der Waals surface area contributed by atoms with Crippen LogP contribution in [0.4, 0.5) is 8.78 Å². The fourth-order valence-corrected chi connectivity index (χ4v) is 1.86. The van der Waals surface area contributed by atoms with Crippen molar-refractivity contribution in [1.29, 1.82) is 0 Å². The average Bonchev–Trinajstić information content (AvgIpc) is 2.58. The predicted molar refractivity (Wildman–Crippen MR) is 60.5 cm³/mol. The number of rotatable bonds is 2. The monoisotopic (exact) mass is 249 g/mol. The summed E-state index contributed by atoms with van der Waals surface area (Å²) in [6.45, 7) is 0.356. The molecule has 1 unspecified atom stereocenters. The molecule has 0 aliphatic carbocycles. The van der Waals surface area contributed by atoms with Crippen LogP contribution in [0.15, 0.2) is 24.3 Å². The Labute approximate surface area is 99.4 Å². The second-order valence-corrected chi connectivity index (χ2v) is 3.67. The van der Waals surface area contributed by atoms with Gasteiger partial charge in [0.25, 0.3) is 5.92 Å². The van der Waals surface area contributed by atoms with Gasteiger partial charge in [0.15, 0.2) is 0 Å². The van der Waals surface area contributed by atoms with Gasteiger partial charge in [-0.3, -0.25) is 0 Å². The molecule has 0 saturated carbocycles. The lowest BCUT2D eigenvalue weighted by Gasteiger charge is -2.19. The molecule has 2 rings (SSSR count). The molecule has 2 nitrogen and oxygen atoms in total. The van der Waals surface area contributed by atoms with E-state index < -0.39 is 12.0 Å². The molecule has 1 N–H and O–H groups in total. The third-order valence-corrected chi connectivity index (χ3v) is 2.66. The Morgan fingerprint density at radius 2 is 2.19 bits per heavy atom. The van der Waals surface area contributed by atoms with Crippen molar-refractivity contribution in [2.45, 2.75) is 18.4 Å². The molecular weight excluding hydrogens is 236 g/mol. The van der Waals surface area contributed by atoms with Gasteiger partial charge < -0.3 is 10.1 Å². The van der Waals surface area contributed by atoms with Gasteiger partial charge in [-0.1, -0.05) is 12.1 Å². The smallest absolute Gasteiger partial charge is 0.268 e. The summed E-state index contributed by atoms with van der Waals surface area (Å²) in [6.07, 6.45) is -0.102. The number of ether oxygens (including phenoxy) is 1. The van der Waals surface area contributed by atoms with E-state index >= 15 is 0 Å². The van der Waals surface area contributed by atoms with Gasteiger partial charge in [0.1, 0.15) is 5.75 Å². The van der Waals surface area contributed by atoms with E-state index in [1.165, 1.54) is 7.11 Å². The average molecular weight is 250 g/mol. The van der Waals surface area contributed by atoms with Crippen LogP contribution in [-0.4, -0.2) is 19.6 Å². The van der Waals surface area contributed by atoms with Crippen molar-refractivity contribution in [1.82, 2.24) is 5.32 Å². The third kappa shape index (κ3) is 2.44. The summed E-state index contributed by atoms with van der Waals surface area (Å²) in [7, 11) is 1.53. The number of nitrogens with one attached hydrogen (secondary N) is 1. The van der Waals surface area contributed by atoms with Gasteiger partial charge in [-0.2, -0.15) is 0 Å². The van der Waals surface area contributed by atoms with Crippen molar-refractivity contribution in [3.63, 3.8) is 0 Å². The highest BCUT2D eigenvalue weighted by atomic mass is 35.5. The van der Waals surface area contributed by atoms with Crippen LogP contribution in [0.3, 0.4) is 0 Å². The summed E-state index contributed by atoms with van der Waals surface area (Å²) in [5.74, 6) is -2.05. The number of halogens is 3. The van der Waals surface area contributed by atoms with Gasteiger partial charge in [-0.05, 0) is 17.7 Å². The summed E-state index contributed by atoms with van der Waals surface area (Å²) in [5.41, 5.74) is 0.580. The summed E-state index contributed by atoms with van der Waals surface area (Å²) < 4.78 is 31.9. The van der Waals surface area contributed by atoms with E-state index in [2.05, 4.69) is 5.32 Å². The molecule has 1 aromatic carbocycles. The molecular formula is C11H14ClF2NO. The quantitative estimate of drug-likeness (QED) is 0.870. The van der Waals surface area contributed by atoms with E-state index in [0.717, 1.165) is 0 Å². The third-order valence-electron chi connectivity index (χ3n) is 2.66. The van der Waals surface area contributed by atoms with Gasteiger partial charge in [0.2, 0.25) is 0 Å². The minimum Gasteiger partial charge on any atom is -0.497 e. The van der Waals surface area contributed by atoms with Gasteiger partial charge in [-0.25, -0.2) is 8.78 Å². The molecule has 1 saturated heterocycles. The highest BCUT2D eigenvalue weighted by Gasteiger charge is 2.44. The molecule has 5 heteroatoms. The van der Waals surface area contributed by atoms with Crippen molar-refractivity contribution in [3.8, 4) is 5.75 Å². The van der Waals surface area contributed by atoms with Crippen LogP contribution in [0.5, 0.6) is 5.75 Å². The van der Waals surface area contributed by atoms with Crippen molar-refractivity contribution in [2.75, 3.05) is 13.7 Å². The van der Waals surface area contributed by atoms with Gasteiger partial charge in [0.05, 0.1) is 13.2 Å². The Morgan fingerprint density at radius 3 is 2.75 bits per heavy atom. The van der Waals surface area contributed by atoms with Crippen LogP contribution in [-0.2, 0) is 0 Å². The van der Waals surface area contributed by atoms with E-state index in [4.69, 9.17) is 4.74 Å². The highest BCUT2D eigenvalue weighted by molar-refractivity contribution is 5.85. The molecule has 0 amide bonds. The lowest BCUT2D eigenvalue weighted by Crippen LogP contribution is -2.26. The molecule has 0 radical (unpaired) electrons. The molecule has 1 aromatic rings. The number of hydrogen-bond donors (Lipinski definition) is 1. The summed E-state index contributed by atoms with van der Waals surface area (Å²) in [6, 6.07) is 5.93. The van der Waals surface area contributed by atoms with E-state index in [1.54, 1.807) is 24.3 Å². The van der Waals surface area contributed by atoms with Crippen LogP contribution < -0.4 is 10.1 Å². The van der Waals surface area contributed by atoms with Crippen LogP contribution in [0, 0.1) is 0 Å². The van der Waals surface area contributed by atoms with Crippen molar-refractivity contribution >= 4 is 12.4 Å². The van der Waals surface area contributed by atoms with Crippen molar-refractivity contribution < 1.29 is 13.5 Å². The second-order valence-electron chi connectivity index (χ2n) is 3.67. The van der Waals surface area contributed by atoms with Gasteiger partial charge >= 0.3 is 0 Å². The zero-order valence-electron chi connectivity index (χ0n) is 8.87. The first kappa shape index (κ1) is 13.2. The largest absolute Gasteiger partial charge is 0.497 e. The fraction of sp³-hybridized carbons (Fsp3) is 0.455. The Balaban J connectivity index is 0.00000128. The minimum absolute atomic E-state index is 0. The van der Waals surface area contributed by atoms with E-state index in [0.29, 0.717) is 17.9 Å². The first-order valence-electron chi connectivity index (χ1n) is 4.88. The molecule has 0 aromatic heterocycles. The Kier molecular flexibility index (Phi) is 4.10. The van der Waals surface area contributed by atoms with Gasteiger partial charge in [0, 0.05) is 13.0 Å². The number of benzene rings is 1. The van der Waals surface area contributed by atoms with E-state index in [-0.39, 0.29) is 18.8 Å². The van der Waals surface area contributed by atoms with Gasteiger partial charge in [-0.15, -0.1) is 12.4 Å². The normalized spacial score (nSPS) is 22.6. The maximum Gasteiger partial charge on any atom is 0.268 e. The summed E-state index contributed by atoms with van der Waals surface area (Å²) in [5, 5.41) is 2.81.